The van der Waals surface area contributed by atoms with E-state index in [0.29, 0.717) is 22.2 Å². The minimum Gasteiger partial charge on any atom is -0.302 e. The predicted molar refractivity (Wildman–Crippen MR) is 120 cm³/mol. The lowest BCUT2D eigenvalue weighted by Gasteiger charge is -1.93. The van der Waals surface area contributed by atoms with Gasteiger partial charge in [0.1, 0.15) is 5.69 Å². The fourth-order valence-electron chi connectivity index (χ4n) is 2.01. The first kappa shape index (κ1) is 23.5. The standard InChI is InChI=1S/C13H11N3O3S.C6H6N2O2S/c1-9(17)14-13-15-11(8-20-13)5-2-10-3-6-12(7-4-10)16(18)19;1-4(10)7-6-8-5(2-9)3-11-6/h2-8H,1H3,(H,14,15,17);2-3H,1H3,(H,7,8,10)/b5-2-;. The Morgan fingerprint density at radius 1 is 0.935 bits per heavy atom. The van der Waals surface area contributed by atoms with Gasteiger partial charge in [-0.2, -0.15) is 0 Å². The molecule has 10 nitrogen and oxygen atoms in total. The summed E-state index contributed by atoms with van der Waals surface area (Å²) in [6.07, 6.45) is 4.22. The third-order valence-corrected chi connectivity index (χ3v) is 4.83. The number of carbonyl (C=O) groups is 3. The SMILES string of the molecule is CC(=O)Nc1nc(/C=C\c2ccc([N+](=O)[O-])cc2)cs1.CC(=O)Nc1nc(C=O)cs1. The van der Waals surface area contributed by atoms with E-state index in [2.05, 4.69) is 20.6 Å². The monoisotopic (exact) mass is 459 g/mol. The first-order valence-corrected chi connectivity index (χ1v) is 10.4. The zero-order valence-electron chi connectivity index (χ0n) is 16.4. The van der Waals surface area contributed by atoms with Crippen LogP contribution in [0.4, 0.5) is 16.0 Å². The molecule has 1 aromatic carbocycles. The zero-order chi connectivity index (χ0) is 22.8. The van der Waals surface area contributed by atoms with Gasteiger partial charge in [-0.1, -0.05) is 6.08 Å². The molecule has 0 spiro atoms. The molecule has 0 aliphatic carbocycles. The molecule has 160 valence electrons. The van der Waals surface area contributed by atoms with E-state index in [-0.39, 0.29) is 17.5 Å². The van der Waals surface area contributed by atoms with Crippen molar-refractivity contribution in [1.29, 1.82) is 0 Å². The number of rotatable bonds is 6. The maximum Gasteiger partial charge on any atom is 0.269 e. The molecule has 0 saturated heterocycles. The third kappa shape index (κ3) is 8.24. The van der Waals surface area contributed by atoms with Gasteiger partial charge in [-0.05, 0) is 23.8 Å². The zero-order valence-corrected chi connectivity index (χ0v) is 18.0. The number of amides is 2. The molecule has 2 amide bonds. The van der Waals surface area contributed by atoms with Crippen LogP contribution in [0.25, 0.3) is 12.2 Å². The smallest absolute Gasteiger partial charge is 0.269 e. The van der Waals surface area contributed by atoms with Crippen LogP contribution in [0, 0.1) is 10.1 Å². The molecule has 0 aliphatic heterocycles. The van der Waals surface area contributed by atoms with Crippen LogP contribution < -0.4 is 10.6 Å². The summed E-state index contributed by atoms with van der Waals surface area (Å²) in [5, 5.41) is 20.0. The maximum atomic E-state index is 10.9. The topological polar surface area (TPSA) is 144 Å². The summed E-state index contributed by atoms with van der Waals surface area (Å²) in [4.78, 5) is 49.6. The van der Waals surface area contributed by atoms with Crippen LogP contribution in [-0.4, -0.2) is 33.0 Å². The van der Waals surface area contributed by atoms with Crippen LogP contribution >= 0.6 is 22.7 Å². The minimum atomic E-state index is -0.437. The number of non-ortho nitro benzene ring substituents is 1. The van der Waals surface area contributed by atoms with E-state index in [1.54, 1.807) is 29.7 Å². The molecule has 2 N–H and O–H groups in total. The van der Waals surface area contributed by atoms with E-state index < -0.39 is 4.92 Å². The summed E-state index contributed by atoms with van der Waals surface area (Å²) in [5.41, 5.74) is 1.96. The first-order chi connectivity index (χ1) is 14.8. The van der Waals surface area contributed by atoms with Gasteiger partial charge in [-0.3, -0.25) is 24.5 Å². The van der Waals surface area contributed by atoms with Gasteiger partial charge in [0.2, 0.25) is 11.8 Å². The van der Waals surface area contributed by atoms with Crippen molar-refractivity contribution in [2.45, 2.75) is 13.8 Å². The second-order valence-corrected chi connectivity index (χ2v) is 7.53. The Morgan fingerprint density at radius 2 is 1.45 bits per heavy atom. The molecule has 0 atom stereocenters. The molecule has 0 unspecified atom stereocenters. The van der Waals surface area contributed by atoms with Crippen molar-refractivity contribution in [1.82, 2.24) is 9.97 Å². The van der Waals surface area contributed by atoms with Crippen molar-refractivity contribution in [3.8, 4) is 0 Å². The molecule has 0 aliphatic rings. The summed E-state index contributed by atoms with van der Waals surface area (Å²) in [5.74, 6) is -0.345. The Bertz CT molecular complexity index is 1110. The predicted octanol–water partition coefficient (Wildman–Crippen LogP) is 4.09. The summed E-state index contributed by atoms with van der Waals surface area (Å²) in [6, 6.07) is 6.22. The molecule has 2 heterocycles. The summed E-state index contributed by atoms with van der Waals surface area (Å²) in [6.45, 7) is 2.82. The summed E-state index contributed by atoms with van der Waals surface area (Å²) >= 11 is 2.56. The summed E-state index contributed by atoms with van der Waals surface area (Å²) in [7, 11) is 0. The number of nitro groups is 1. The molecular weight excluding hydrogens is 442 g/mol. The van der Waals surface area contributed by atoms with Gasteiger partial charge < -0.3 is 10.6 Å². The first-order valence-electron chi connectivity index (χ1n) is 8.60. The van der Waals surface area contributed by atoms with Crippen LogP contribution in [0.2, 0.25) is 0 Å². The van der Waals surface area contributed by atoms with E-state index >= 15 is 0 Å². The highest BCUT2D eigenvalue weighted by molar-refractivity contribution is 7.14. The Balaban J connectivity index is 0.000000262. The van der Waals surface area contributed by atoms with E-state index in [1.807, 2.05) is 5.38 Å². The molecular formula is C19H17N5O5S2. The molecule has 0 fully saturated rings. The van der Waals surface area contributed by atoms with Gasteiger partial charge in [0, 0.05) is 36.7 Å². The number of nitrogens with one attached hydrogen (secondary N) is 2. The van der Waals surface area contributed by atoms with Crippen molar-refractivity contribution in [2.75, 3.05) is 10.6 Å². The molecule has 0 saturated carbocycles. The third-order valence-electron chi connectivity index (χ3n) is 3.28. The Morgan fingerprint density at radius 3 is 1.90 bits per heavy atom. The number of aromatic nitrogens is 2. The highest BCUT2D eigenvalue weighted by Gasteiger charge is 2.03. The molecule has 2 aromatic heterocycles. The molecule has 0 radical (unpaired) electrons. The largest absolute Gasteiger partial charge is 0.302 e. The van der Waals surface area contributed by atoms with Gasteiger partial charge in [-0.25, -0.2) is 9.97 Å². The maximum absolute atomic E-state index is 10.9. The van der Waals surface area contributed by atoms with E-state index in [4.69, 9.17) is 0 Å². The lowest BCUT2D eigenvalue weighted by atomic mass is 10.2. The number of thiazole rings is 2. The van der Waals surface area contributed by atoms with Crippen LogP contribution in [0.1, 0.15) is 35.6 Å². The van der Waals surface area contributed by atoms with Gasteiger partial charge in [0.05, 0.1) is 10.6 Å². The fourth-order valence-corrected chi connectivity index (χ4v) is 3.43. The summed E-state index contributed by atoms with van der Waals surface area (Å²) < 4.78 is 0. The highest BCUT2D eigenvalue weighted by Crippen LogP contribution is 2.18. The normalized spacial score (nSPS) is 10.1. The lowest BCUT2D eigenvalue weighted by molar-refractivity contribution is -0.384. The number of hydrogen-bond donors (Lipinski definition) is 2. The number of carbonyl (C=O) groups excluding carboxylic acids is 3. The molecule has 3 rings (SSSR count). The second kappa shape index (κ2) is 11.4. The van der Waals surface area contributed by atoms with Gasteiger partial charge >= 0.3 is 0 Å². The van der Waals surface area contributed by atoms with Crippen molar-refractivity contribution in [3.05, 3.63) is 62.1 Å². The van der Waals surface area contributed by atoms with Gasteiger partial charge in [-0.15, -0.1) is 22.7 Å². The second-order valence-electron chi connectivity index (χ2n) is 5.82. The quantitative estimate of drug-likeness (QED) is 0.321. The number of nitro benzene ring substituents is 1. The number of benzene rings is 1. The molecule has 31 heavy (non-hydrogen) atoms. The number of nitrogens with zero attached hydrogens (tertiary/aromatic N) is 3. The fraction of sp³-hybridized carbons (Fsp3) is 0.105. The number of aldehydes is 1. The molecule has 3 aromatic rings. The highest BCUT2D eigenvalue weighted by atomic mass is 32.1. The minimum absolute atomic E-state index is 0.0590. The van der Waals surface area contributed by atoms with Crippen molar-refractivity contribution in [2.24, 2.45) is 0 Å². The average Bonchev–Trinajstić information content (AvgIpc) is 3.35. The van der Waals surface area contributed by atoms with Crippen LogP contribution in [-0.2, 0) is 9.59 Å². The lowest BCUT2D eigenvalue weighted by Crippen LogP contribution is -2.05. The van der Waals surface area contributed by atoms with Crippen molar-refractivity contribution < 1.29 is 19.3 Å². The van der Waals surface area contributed by atoms with E-state index in [1.165, 1.54) is 48.7 Å². The number of anilines is 2. The van der Waals surface area contributed by atoms with E-state index in [9.17, 15) is 24.5 Å². The van der Waals surface area contributed by atoms with Crippen LogP contribution in [0.3, 0.4) is 0 Å². The van der Waals surface area contributed by atoms with Gasteiger partial charge in [0.25, 0.3) is 5.69 Å². The molecule has 0 bridgehead atoms. The van der Waals surface area contributed by atoms with Crippen LogP contribution in [0.5, 0.6) is 0 Å². The molecule has 12 heteroatoms. The van der Waals surface area contributed by atoms with Crippen LogP contribution in [0.15, 0.2) is 35.0 Å². The van der Waals surface area contributed by atoms with Gasteiger partial charge in [0.15, 0.2) is 16.5 Å². The average molecular weight is 460 g/mol. The number of hydrogen-bond acceptors (Lipinski definition) is 9. The van der Waals surface area contributed by atoms with Crippen molar-refractivity contribution >= 4 is 68.9 Å². The van der Waals surface area contributed by atoms with Crippen molar-refractivity contribution in [3.63, 3.8) is 0 Å². The Labute approximate surface area is 184 Å². The van der Waals surface area contributed by atoms with E-state index in [0.717, 1.165) is 11.3 Å². The Kier molecular flexibility index (Phi) is 8.66. The Hall–Kier alpha value is -3.77.